The van der Waals surface area contributed by atoms with E-state index in [1.807, 2.05) is 0 Å². The average Bonchev–Trinajstić information content (AvgIpc) is 3.88. The minimum atomic E-state index is -2.96. The highest BCUT2D eigenvalue weighted by Crippen LogP contribution is 2.39. The van der Waals surface area contributed by atoms with Crippen LogP contribution in [0.3, 0.4) is 0 Å². The molecule has 12 aromatic rings. The summed E-state index contributed by atoms with van der Waals surface area (Å²) in [6, 6.07) is 94.4. The van der Waals surface area contributed by atoms with Crippen LogP contribution in [0, 0.1) is 0 Å². The molecule has 0 radical (unpaired) electrons. The zero-order valence-corrected chi connectivity index (χ0v) is 35.6. The zero-order chi connectivity index (χ0) is 41.7. The van der Waals surface area contributed by atoms with Crippen molar-refractivity contribution in [3.8, 4) is 33.6 Å². The summed E-state index contributed by atoms with van der Waals surface area (Å²) < 4.78 is 5.01. The summed E-state index contributed by atoms with van der Waals surface area (Å²) >= 11 is 0. The van der Waals surface area contributed by atoms with Gasteiger partial charge in [0.25, 0.3) is 0 Å². The second kappa shape index (κ2) is 15.2. The molecule has 63 heavy (non-hydrogen) atoms. The maximum absolute atomic E-state index is 2.96. The Balaban J connectivity index is 1.18. The topological polar surface area (TPSA) is 9.86 Å². The third-order valence-electron chi connectivity index (χ3n) is 13.1. The van der Waals surface area contributed by atoms with E-state index in [2.05, 4.69) is 264 Å². The lowest BCUT2D eigenvalue weighted by Gasteiger charge is -2.35. The van der Waals surface area contributed by atoms with Gasteiger partial charge >= 0.3 is 0 Å². The molecule has 0 aliphatic heterocycles. The van der Waals surface area contributed by atoms with Gasteiger partial charge in [0, 0.05) is 32.9 Å². The Morgan fingerprint density at radius 2 is 0.714 bits per heavy atom. The molecule has 0 aliphatic rings. The normalized spacial score (nSPS) is 11.8. The molecule has 0 amide bonds. The van der Waals surface area contributed by atoms with Gasteiger partial charge in [-0.05, 0) is 85.5 Å². The van der Waals surface area contributed by atoms with Crippen LogP contribution in [0.1, 0.15) is 0 Å². The molecule has 12 rings (SSSR count). The Morgan fingerprint density at radius 3 is 1.33 bits per heavy atom. The Morgan fingerprint density at radius 1 is 0.254 bits per heavy atom. The molecule has 2 heterocycles. The third kappa shape index (κ3) is 5.93. The molecule has 10 aromatic carbocycles. The predicted octanol–water partition coefficient (Wildman–Crippen LogP) is 12.6. The second-order valence-corrected chi connectivity index (χ2v) is 20.2. The molecule has 2 nitrogen and oxygen atoms in total. The zero-order valence-electron chi connectivity index (χ0n) is 34.6. The lowest BCUT2D eigenvalue weighted by Crippen LogP contribution is -2.75. The van der Waals surface area contributed by atoms with E-state index in [1.54, 1.807) is 0 Å². The van der Waals surface area contributed by atoms with Crippen molar-refractivity contribution in [3.63, 3.8) is 0 Å². The molecule has 3 heteroatoms. The third-order valence-corrected chi connectivity index (χ3v) is 17.9. The minimum absolute atomic E-state index is 1.14. The van der Waals surface area contributed by atoms with Crippen molar-refractivity contribution in [3.05, 3.63) is 255 Å². The number of hydrogen-bond donors (Lipinski definition) is 0. The van der Waals surface area contributed by atoms with Gasteiger partial charge in [-0.25, -0.2) is 0 Å². The smallest absolute Gasteiger partial charge is 0.181 e. The average molecular weight is 819 g/mol. The second-order valence-electron chi connectivity index (χ2n) is 16.5. The molecular formula is C60H42N2Si. The predicted molar refractivity (Wildman–Crippen MR) is 270 cm³/mol. The highest BCUT2D eigenvalue weighted by Gasteiger charge is 2.43. The first-order chi connectivity index (χ1) is 31.3. The summed E-state index contributed by atoms with van der Waals surface area (Å²) in [5.41, 5.74) is 11.9. The molecule has 0 saturated carbocycles. The number of para-hydroxylation sites is 2. The Kier molecular flexibility index (Phi) is 8.87. The first kappa shape index (κ1) is 36.8. The van der Waals surface area contributed by atoms with Crippen LogP contribution < -0.4 is 20.7 Å². The standard InChI is InChI=1S/C60H42N2Si/c1-6-19-43(20-7-1)45-33-36-47(37-34-45)61-56-31-17-16-29-52(56)55-42-48(38-40-57(55)61)62-58-41-46(44-21-8-2-9-22-44)35-39-53(58)54-30-18-32-59(60(54)62)63(49-23-10-3-11-24-49,50-25-12-4-13-26-50)51-27-14-5-15-28-51/h1-42H. The van der Waals surface area contributed by atoms with Crippen molar-refractivity contribution in [1.82, 2.24) is 9.13 Å². The summed E-state index contributed by atoms with van der Waals surface area (Å²) in [5, 5.41) is 10.4. The Bertz CT molecular complexity index is 3480. The molecular weight excluding hydrogens is 777 g/mol. The van der Waals surface area contributed by atoms with Gasteiger partial charge in [0.1, 0.15) is 0 Å². The van der Waals surface area contributed by atoms with E-state index < -0.39 is 8.07 Å². The number of rotatable bonds is 8. The van der Waals surface area contributed by atoms with Gasteiger partial charge < -0.3 is 9.13 Å². The van der Waals surface area contributed by atoms with Crippen LogP contribution in [0.15, 0.2) is 255 Å². The first-order valence-electron chi connectivity index (χ1n) is 21.8. The van der Waals surface area contributed by atoms with Crippen molar-refractivity contribution in [2.45, 2.75) is 0 Å². The van der Waals surface area contributed by atoms with Crippen molar-refractivity contribution < 1.29 is 0 Å². The molecule has 2 aromatic heterocycles. The minimum Gasteiger partial charge on any atom is -0.309 e. The molecule has 296 valence electrons. The molecule has 0 unspecified atom stereocenters. The Hall–Kier alpha value is -7.98. The van der Waals surface area contributed by atoms with Crippen LogP contribution in [0.4, 0.5) is 0 Å². The van der Waals surface area contributed by atoms with E-state index in [-0.39, 0.29) is 0 Å². The largest absolute Gasteiger partial charge is 0.309 e. The fourth-order valence-electron chi connectivity index (χ4n) is 10.3. The lowest BCUT2D eigenvalue weighted by molar-refractivity contribution is 1.17. The van der Waals surface area contributed by atoms with Gasteiger partial charge in [-0.2, -0.15) is 0 Å². The van der Waals surface area contributed by atoms with Gasteiger partial charge in [-0.3, -0.25) is 0 Å². The van der Waals surface area contributed by atoms with E-state index in [4.69, 9.17) is 0 Å². The SMILES string of the molecule is c1ccc(-c2ccc(-n3c4ccccc4c4cc(-n5c6cc(-c7ccccc7)ccc6c6cccc([Si](c7ccccc7)(c7ccccc7)c7ccccc7)c65)ccc43)cc2)cc1. The molecule has 0 atom stereocenters. The van der Waals surface area contributed by atoms with Crippen molar-refractivity contribution >= 4 is 72.4 Å². The van der Waals surface area contributed by atoms with Crippen LogP contribution in [-0.4, -0.2) is 17.2 Å². The van der Waals surface area contributed by atoms with Crippen LogP contribution >= 0.6 is 0 Å². The summed E-state index contributed by atoms with van der Waals surface area (Å²) in [5.74, 6) is 0. The molecule has 0 saturated heterocycles. The van der Waals surface area contributed by atoms with E-state index in [1.165, 1.54) is 86.6 Å². The molecule has 0 bridgehead atoms. The Labute approximate surface area is 368 Å². The number of benzene rings is 10. The number of nitrogens with zero attached hydrogens (tertiary/aromatic N) is 2. The maximum Gasteiger partial charge on any atom is 0.181 e. The van der Waals surface area contributed by atoms with Crippen LogP contribution in [0.25, 0.3) is 77.2 Å². The van der Waals surface area contributed by atoms with Crippen LogP contribution in [0.2, 0.25) is 0 Å². The summed E-state index contributed by atoms with van der Waals surface area (Å²) in [4.78, 5) is 0. The van der Waals surface area contributed by atoms with Gasteiger partial charge in [-0.1, -0.05) is 212 Å². The fourth-order valence-corrected chi connectivity index (χ4v) is 15.2. The van der Waals surface area contributed by atoms with E-state index in [0.717, 1.165) is 11.4 Å². The molecule has 0 N–H and O–H groups in total. The van der Waals surface area contributed by atoms with Crippen molar-refractivity contribution in [2.75, 3.05) is 0 Å². The quantitative estimate of drug-likeness (QED) is 0.107. The molecule has 0 aliphatic carbocycles. The highest BCUT2D eigenvalue weighted by molar-refractivity contribution is 7.20. The van der Waals surface area contributed by atoms with Crippen molar-refractivity contribution in [1.29, 1.82) is 0 Å². The fraction of sp³-hybridized carbons (Fsp3) is 0. The van der Waals surface area contributed by atoms with E-state index in [0.29, 0.717) is 0 Å². The van der Waals surface area contributed by atoms with Gasteiger partial charge in [0.05, 0.1) is 22.1 Å². The lowest BCUT2D eigenvalue weighted by atomic mass is 10.0. The van der Waals surface area contributed by atoms with Gasteiger partial charge in [0.15, 0.2) is 8.07 Å². The number of fused-ring (bicyclic) bond motifs is 6. The monoisotopic (exact) mass is 818 g/mol. The van der Waals surface area contributed by atoms with E-state index >= 15 is 0 Å². The van der Waals surface area contributed by atoms with Gasteiger partial charge in [0.2, 0.25) is 0 Å². The van der Waals surface area contributed by atoms with Crippen molar-refractivity contribution in [2.24, 2.45) is 0 Å². The summed E-state index contributed by atoms with van der Waals surface area (Å²) in [6.07, 6.45) is 0. The molecule has 0 fully saturated rings. The van der Waals surface area contributed by atoms with Crippen LogP contribution in [0.5, 0.6) is 0 Å². The van der Waals surface area contributed by atoms with Crippen LogP contribution in [-0.2, 0) is 0 Å². The first-order valence-corrected chi connectivity index (χ1v) is 23.8. The number of aromatic nitrogens is 2. The summed E-state index contributed by atoms with van der Waals surface area (Å²) in [7, 11) is -2.96. The van der Waals surface area contributed by atoms with Gasteiger partial charge in [-0.15, -0.1) is 0 Å². The molecule has 0 spiro atoms. The van der Waals surface area contributed by atoms with E-state index in [9.17, 15) is 0 Å². The number of hydrogen-bond acceptors (Lipinski definition) is 0. The maximum atomic E-state index is 2.59. The highest BCUT2D eigenvalue weighted by atomic mass is 28.3. The summed E-state index contributed by atoms with van der Waals surface area (Å²) in [6.45, 7) is 0.